The maximum absolute atomic E-state index is 12.5. The maximum Gasteiger partial charge on any atom is 0.253 e. The number of hydrogen-bond donors (Lipinski definition) is 0. The van der Waals surface area contributed by atoms with E-state index >= 15 is 0 Å². The summed E-state index contributed by atoms with van der Waals surface area (Å²) in [6.45, 7) is 1.82. The van der Waals surface area contributed by atoms with E-state index in [0.717, 1.165) is 37.9 Å². The molecule has 1 heterocycles. The van der Waals surface area contributed by atoms with Crippen molar-refractivity contribution in [2.75, 3.05) is 13.1 Å². The van der Waals surface area contributed by atoms with Gasteiger partial charge in [-0.2, -0.15) is 0 Å². The number of carbonyl (C=O) groups excluding carboxylic acids is 1. The third-order valence-corrected chi connectivity index (χ3v) is 4.44. The monoisotopic (exact) mass is 263 g/mol. The van der Waals surface area contributed by atoms with Gasteiger partial charge in [-0.15, -0.1) is 0 Å². The lowest BCUT2D eigenvalue weighted by atomic mass is 10.0. The van der Waals surface area contributed by atoms with Gasteiger partial charge < -0.3 is 4.90 Å². The first-order valence-electron chi connectivity index (χ1n) is 7.33. The number of nitrogens with zero attached hydrogens (tertiary/aromatic N) is 1. The first-order chi connectivity index (χ1) is 9.83. The summed E-state index contributed by atoms with van der Waals surface area (Å²) in [7, 11) is 0. The summed E-state index contributed by atoms with van der Waals surface area (Å²) in [6.07, 6.45) is 3.27. The molecule has 0 radical (unpaired) electrons. The Hall–Kier alpha value is -2.09. The van der Waals surface area contributed by atoms with Crippen LogP contribution in [0.5, 0.6) is 0 Å². The van der Waals surface area contributed by atoms with Gasteiger partial charge in [0.05, 0.1) is 0 Å². The fraction of sp³-hybridized carbons (Fsp3) is 0.278. The standard InChI is InChI=1S/C18H17NO/c20-18(19-9-3-4-10-19)15-8-7-14-11-13-5-1-2-6-16(13)17(14)12-15/h1-2,5-8,12H,3-4,9-11H2. The van der Waals surface area contributed by atoms with Crippen LogP contribution in [0.25, 0.3) is 11.1 Å². The van der Waals surface area contributed by atoms with Gasteiger partial charge in [0.15, 0.2) is 0 Å². The fourth-order valence-corrected chi connectivity index (χ4v) is 3.36. The van der Waals surface area contributed by atoms with Crippen molar-refractivity contribution in [3.8, 4) is 11.1 Å². The summed E-state index contributed by atoms with van der Waals surface area (Å²) in [5, 5.41) is 0. The van der Waals surface area contributed by atoms with Crippen LogP contribution in [0.15, 0.2) is 42.5 Å². The van der Waals surface area contributed by atoms with Crippen molar-refractivity contribution in [1.29, 1.82) is 0 Å². The molecule has 1 fully saturated rings. The van der Waals surface area contributed by atoms with Gasteiger partial charge in [0.1, 0.15) is 0 Å². The molecular weight excluding hydrogens is 246 g/mol. The molecule has 4 rings (SSSR count). The Morgan fingerprint density at radius 1 is 0.900 bits per heavy atom. The predicted octanol–water partition coefficient (Wildman–Crippen LogP) is 3.49. The Morgan fingerprint density at radius 3 is 2.50 bits per heavy atom. The molecule has 2 aliphatic rings. The number of hydrogen-bond acceptors (Lipinski definition) is 1. The van der Waals surface area contributed by atoms with Crippen LogP contribution in [0, 0.1) is 0 Å². The van der Waals surface area contributed by atoms with E-state index in [2.05, 4.69) is 36.4 Å². The smallest absolute Gasteiger partial charge is 0.253 e. The van der Waals surface area contributed by atoms with Crippen LogP contribution < -0.4 is 0 Å². The summed E-state index contributed by atoms with van der Waals surface area (Å²) in [5.74, 6) is 0.190. The van der Waals surface area contributed by atoms with Gasteiger partial charge >= 0.3 is 0 Å². The van der Waals surface area contributed by atoms with E-state index in [0.29, 0.717) is 0 Å². The van der Waals surface area contributed by atoms with Crippen molar-refractivity contribution in [2.24, 2.45) is 0 Å². The molecule has 2 heteroatoms. The largest absolute Gasteiger partial charge is 0.339 e. The molecule has 0 saturated carbocycles. The van der Waals surface area contributed by atoms with E-state index < -0.39 is 0 Å². The number of amides is 1. The van der Waals surface area contributed by atoms with Gasteiger partial charge in [0, 0.05) is 18.7 Å². The molecule has 1 saturated heterocycles. The zero-order valence-electron chi connectivity index (χ0n) is 11.4. The molecule has 2 nitrogen and oxygen atoms in total. The highest BCUT2D eigenvalue weighted by Crippen LogP contribution is 2.37. The highest BCUT2D eigenvalue weighted by Gasteiger charge is 2.23. The van der Waals surface area contributed by atoms with E-state index in [9.17, 15) is 4.79 Å². The second-order valence-corrected chi connectivity index (χ2v) is 5.71. The van der Waals surface area contributed by atoms with Crippen molar-refractivity contribution in [3.63, 3.8) is 0 Å². The van der Waals surface area contributed by atoms with E-state index in [1.165, 1.54) is 22.3 Å². The maximum atomic E-state index is 12.5. The van der Waals surface area contributed by atoms with E-state index in [4.69, 9.17) is 0 Å². The van der Waals surface area contributed by atoms with Gasteiger partial charge in [-0.05, 0) is 53.6 Å². The van der Waals surface area contributed by atoms with Crippen LogP contribution in [0.3, 0.4) is 0 Å². The van der Waals surface area contributed by atoms with Gasteiger partial charge in [0.2, 0.25) is 0 Å². The minimum absolute atomic E-state index is 0.190. The van der Waals surface area contributed by atoms with Crippen LogP contribution >= 0.6 is 0 Å². The molecule has 0 unspecified atom stereocenters. The zero-order valence-corrected chi connectivity index (χ0v) is 11.4. The lowest BCUT2D eigenvalue weighted by Crippen LogP contribution is -2.27. The molecule has 0 N–H and O–H groups in total. The van der Waals surface area contributed by atoms with Crippen LogP contribution in [0.1, 0.15) is 34.3 Å². The van der Waals surface area contributed by atoms with Crippen molar-refractivity contribution < 1.29 is 4.79 Å². The number of benzene rings is 2. The lowest BCUT2D eigenvalue weighted by Gasteiger charge is -2.15. The normalized spacial score (nSPS) is 16.1. The molecule has 0 spiro atoms. The number of likely N-dealkylation sites (tertiary alicyclic amines) is 1. The van der Waals surface area contributed by atoms with Crippen LogP contribution in [-0.4, -0.2) is 23.9 Å². The van der Waals surface area contributed by atoms with Gasteiger partial charge in [-0.3, -0.25) is 4.79 Å². The highest BCUT2D eigenvalue weighted by molar-refractivity contribution is 5.96. The average Bonchev–Trinajstić information content (AvgIpc) is 3.13. The molecule has 100 valence electrons. The molecule has 2 aromatic carbocycles. The number of carbonyl (C=O) groups is 1. The molecule has 1 aliphatic heterocycles. The molecule has 20 heavy (non-hydrogen) atoms. The highest BCUT2D eigenvalue weighted by atomic mass is 16.2. The number of rotatable bonds is 1. The summed E-state index contributed by atoms with van der Waals surface area (Å²) in [4.78, 5) is 14.5. The Labute approximate surface area is 119 Å². The SMILES string of the molecule is O=C(c1ccc2c(c1)-c1ccccc1C2)N1CCCC1. The third kappa shape index (κ3) is 1.75. The Kier molecular flexibility index (Phi) is 2.62. The van der Waals surface area contributed by atoms with E-state index in [1.54, 1.807) is 0 Å². The van der Waals surface area contributed by atoms with Crippen LogP contribution in [0.4, 0.5) is 0 Å². The van der Waals surface area contributed by atoms with Gasteiger partial charge in [0.25, 0.3) is 5.91 Å². The minimum Gasteiger partial charge on any atom is -0.339 e. The number of fused-ring (bicyclic) bond motifs is 3. The van der Waals surface area contributed by atoms with Crippen molar-refractivity contribution >= 4 is 5.91 Å². The Bertz CT molecular complexity index is 684. The molecule has 1 aliphatic carbocycles. The topological polar surface area (TPSA) is 20.3 Å². The second-order valence-electron chi connectivity index (χ2n) is 5.71. The van der Waals surface area contributed by atoms with E-state index in [-0.39, 0.29) is 5.91 Å². The summed E-state index contributed by atoms with van der Waals surface area (Å²) >= 11 is 0. The second kappa shape index (κ2) is 4.48. The summed E-state index contributed by atoms with van der Waals surface area (Å²) in [5.41, 5.74) is 6.07. The molecular formula is C18H17NO. The third-order valence-electron chi connectivity index (χ3n) is 4.44. The quantitative estimate of drug-likeness (QED) is 0.658. The van der Waals surface area contributed by atoms with Crippen molar-refractivity contribution in [1.82, 2.24) is 4.90 Å². The average molecular weight is 263 g/mol. The lowest BCUT2D eigenvalue weighted by molar-refractivity contribution is 0.0793. The molecule has 1 amide bonds. The Balaban J connectivity index is 1.74. The van der Waals surface area contributed by atoms with Gasteiger partial charge in [-0.1, -0.05) is 30.3 Å². The Morgan fingerprint density at radius 2 is 1.65 bits per heavy atom. The van der Waals surface area contributed by atoms with E-state index in [1.807, 2.05) is 11.0 Å². The van der Waals surface area contributed by atoms with Crippen LogP contribution in [-0.2, 0) is 6.42 Å². The molecule has 0 bridgehead atoms. The summed E-state index contributed by atoms with van der Waals surface area (Å²) in [6, 6.07) is 14.7. The molecule has 0 aromatic heterocycles. The van der Waals surface area contributed by atoms with Crippen molar-refractivity contribution in [3.05, 3.63) is 59.2 Å². The minimum atomic E-state index is 0.190. The van der Waals surface area contributed by atoms with Gasteiger partial charge in [-0.25, -0.2) is 0 Å². The fourth-order valence-electron chi connectivity index (χ4n) is 3.36. The van der Waals surface area contributed by atoms with Crippen LogP contribution in [0.2, 0.25) is 0 Å². The first-order valence-corrected chi connectivity index (χ1v) is 7.33. The first kappa shape index (κ1) is 11.7. The molecule has 0 atom stereocenters. The molecule has 2 aromatic rings. The zero-order chi connectivity index (χ0) is 13.5. The van der Waals surface area contributed by atoms with Crippen molar-refractivity contribution in [2.45, 2.75) is 19.3 Å². The summed E-state index contributed by atoms with van der Waals surface area (Å²) < 4.78 is 0. The predicted molar refractivity (Wildman–Crippen MR) is 79.8 cm³/mol.